The van der Waals surface area contributed by atoms with E-state index in [1.165, 1.54) is 49.9 Å². The molecule has 0 radical (unpaired) electrons. The van der Waals surface area contributed by atoms with Crippen LogP contribution in [0.2, 0.25) is 0 Å². The number of rotatable bonds is 2. The molecule has 0 spiro atoms. The maximum absolute atomic E-state index is 4.07. The first-order valence-corrected chi connectivity index (χ1v) is 10.7. The molecule has 4 rings (SSSR count). The minimum absolute atomic E-state index is 0.477. The molecule has 2 aliphatic rings. The smallest absolute Gasteiger partial charge is 0.00324 e. The summed E-state index contributed by atoms with van der Waals surface area (Å²) in [5.41, 5.74) is 18.2. The van der Waals surface area contributed by atoms with E-state index in [-0.39, 0.29) is 0 Å². The number of allylic oxidation sites excluding steroid dienone is 5. The fourth-order valence-electron chi connectivity index (χ4n) is 6.07. The van der Waals surface area contributed by atoms with Crippen molar-refractivity contribution in [1.29, 1.82) is 0 Å². The highest BCUT2D eigenvalue weighted by Gasteiger charge is 2.37. The van der Waals surface area contributed by atoms with Crippen LogP contribution in [0, 0.1) is 40.5 Å². The molecule has 2 aromatic rings. The van der Waals surface area contributed by atoms with Crippen LogP contribution >= 0.6 is 0 Å². The second-order valence-electron chi connectivity index (χ2n) is 9.23. The van der Waals surface area contributed by atoms with Gasteiger partial charge in [0.05, 0.1) is 0 Å². The topological polar surface area (TPSA) is 0 Å². The zero-order valence-corrected chi connectivity index (χ0v) is 19.1. The van der Waals surface area contributed by atoms with E-state index in [1.54, 1.807) is 27.7 Å². The lowest BCUT2D eigenvalue weighted by atomic mass is 9.64. The molecule has 28 heavy (non-hydrogen) atoms. The quantitative estimate of drug-likeness (QED) is 0.467. The predicted octanol–water partition coefficient (Wildman–Crippen LogP) is 8.27. The Morgan fingerprint density at radius 2 is 1.29 bits per heavy atom. The standard InChI is InChI=1S/C28H34/c1-11-12-22-14(3)17(6)25-19(8)18(7)23-15(4)13(2)16(5)24-20(9)21(10)26(22)28(25)27(23)24/h11,17-18H,1,12H2,2-10H3. The fraction of sp³-hybridized carbons (Fsp3) is 0.429. The van der Waals surface area contributed by atoms with Gasteiger partial charge in [-0.3, -0.25) is 0 Å². The van der Waals surface area contributed by atoms with Crippen LogP contribution in [-0.2, 0) is 0 Å². The van der Waals surface area contributed by atoms with E-state index >= 15 is 0 Å². The van der Waals surface area contributed by atoms with E-state index in [9.17, 15) is 0 Å². The molecule has 0 amide bonds. The van der Waals surface area contributed by atoms with Gasteiger partial charge in [-0.15, -0.1) is 6.58 Å². The predicted molar refractivity (Wildman–Crippen MR) is 125 cm³/mol. The summed E-state index contributed by atoms with van der Waals surface area (Å²) in [5, 5.41) is 3.06. The average molecular weight is 371 g/mol. The van der Waals surface area contributed by atoms with Gasteiger partial charge in [0, 0.05) is 11.8 Å². The number of benzene rings is 2. The van der Waals surface area contributed by atoms with Gasteiger partial charge in [0.15, 0.2) is 0 Å². The van der Waals surface area contributed by atoms with Gasteiger partial charge in [-0.05, 0) is 121 Å². The van der Waals surface area contributed by atoms with Crippen LogP contribution < -0.4 is 0 Å². The average Bonchev–Trinajstić information content (AvgIpc) is 2.66. The number of aryl methyl sites for hydroxylation is 2. The molecule has 0 bridgehead atoms. The lowest BCUT2D eigenvalue weighted by molar-refractivity contribution is 0.812. The molecular formula is C28H34. The van der Waals surface area contributed by atoms with Crippen molar-refractivity contribution < 1.29 is 0 Å². The molecule has 0 fully saturated rings. The second-order valence-corrected chi connectivity index (χ2v) is 9.23. The molecule has 0 aliphatic heterocycles. The highest BCUT2D eigenvalue weighted by molar-refractivity contribution is 6.10. The molecule has 2 aliphatic carbocycles. The summed E-state index contributed by atoms with van der Waals surface area (Å²) >= 11 is 0. The van der Waals surface area contributed by atoms with Gasteiger partial charge < -0.3 is 0 Å². The van der Waals surface area contributed by atoms with Crippen molar-refractivity contribution in [2.75, 3.05) is 0 Å². The molecule has 0 aromatic heterocycles. The van der Waals surface area contributed by atoms with E-state index in [0.717, 1.165) is 6.42 Å². The van der Waals surface area contributed by atoms with Crippen molar-refractivity contribution in [2.24, 2.45) is 5.92 Å². The van der Waals surface area contributed by atoms with Crippen LogP contribution in [0.1, 0.15) is 84.5 Å². The minimum atomic E-state index is 0.477. The first-order valence-electron chi connectivity index (χ1n) is 10.7. The highest BCUT2D eigenvalue weighted by atomic mass is 14.4. The van der Waals surface area contributed by atoms with Crippen LogP contribution in [0.3, 0.4) is 0 Å². The van der Waals surface area contributed by atoms with Crippen LogP contribution in [0.25, 0.3) is 21.9 Å². The van der Waals surface area contributed by atoms with E-state index in [0.29, 0.717) is 11.8 Å². The van der Waals surface area contributed by atoms with Crippen molar-refractivity contribution >= 4 is 21.9 Å². The Labute approximate surface area is 171 Å². The minimum Gasteiger partial charge on any atom is -0.103 e. The molecular weight excluding hydrogens is 336 g/mol. The Kier molecular flexibility index (Phi) is 4.27. The SMILES string of the molecule is C=CCC1=C(C)C(C)C2=C(C)C(C)c3c(C)c(C)c(C)c4c(C)c(C)c1c2c34. The Hall–Kier alpha value is -2.08. The summed E-state index contributed by atoms with van der Waals surface area (Å²) in [6.07, 6.45) is 3.03. The van der Waals surface area contributed by atoms with Gasteiger partial charge >= 0.3 is 0 Å². The highest BCUT2D eigenvalue weighted by Crippen LogP contribution is 2.56. The Balaban J connectivity index is 2.37. The van der Waals surface area contributed by atoms with Crippen molar-refractivity contribution in [3.63, 3.8) is 0 Å². The molecule has 0 heteroatoms. The molecule has 0 N–H and O–H groups in total. The lowest BCUT2D eigenvalue weighted by Gasteiger charge is -2.40. The summed E-state index contributed by atoms with van der Waals surface area (Å²) < 4.78 is 0. The van der Waals surface area contributed by atoms with Crippen molar-refractivity contribution in [2.45, 2.75) is 74.7 Å². The summed E-state index contributed by atoms with van der Waals surface area (Å²) in [4.78, 5) is 0. The third-order valence-corrected chi connectivity index (χ3v) is 8.22. The van der Waals surface area contributed by atoms with Gasteiger partial charge in [-0.25, -0.2) is 0 Å². The maximum atomic E-state index is 4.07. The number of hydrogen-bond acceptors (Lipinski definition) is 0. The summed E-state index contributed by atoms with van der Waals surface area (Å²) in [6, 6.07) is 0. The monoisotopic (exact) mass is 370 g/mol. The lowest BCUT2D eigenvalue weighted by Crippen LogP contribution is -2.21. The summed E-state index contributed by atoms with van der Waals surface area (Å²) in [5.74, 6) is 0.959. The first kappa shape index (κ1) is 19.2. The maximum Gasteiger partial charge on any atom is 0.00324 e. The van der Waals surface area contributed by atoms with Crippen molar-refractivity contribution in [1.82, 2.24) is 0 Å². The largest absolute Gasteiger partial charge is 0.103 e. The molecule has 2 aromatic carbocycles. The van der Waals surface area contributed by atoms with Crippen molar-refractivity contribution in [3.05, 3.63) is 68.3 Å². The first-order chi connectivity index (χ1) is 13.1. The van der Waals surface area contributed by atoms with Crippen LogP contribution in [-0.4, -0.2) is 0 Å². The van der Waals surface area contributed by atoms with E-state index in [2.05, 4.69) is 75.0 Å². The fourth-order valence-corrected chi connectivity index (χ4v) is 6.07. The molecule has 0 heterocycles. The zero-order valence-electron chi connectivity index (χ0n) is 19.1. The van der Waals surface area contributed by atoms with Gasteiger partial charge in [0.2, 0.25) is 0 Å². The van der Waals surface area contributed by atoms with Gasteiger partial charge in [-0.2, -0.15) is 0 Å². The van der Waals surface area contributed by atoms with Crippen molar-refractivity contribution in [3.8, 4) is 0 Å². The molecule has 0 nitrogen and oxygen atoms in total. The van der Waals surface area contributed by atoms with E-state index < -0.39 is 0 Å². The Morgan fingerprint density at radius 1 is 0.679 bits per heavy atom. The van der Waals surface area contributed by atoms with Gasteiger partial charge in [0.25, 0.3) is 0 Å². The molecule has 0 saturated carbocycles. The van der Waals surface area contributed by atoms with Gasteiger partial charge in [0.1, 0.15) is 0 Å². The van der Waals surface area contributed by atoms with Gasteiger partial charge in [-0.1, -0.05) is 31.1 Å². The molecule has 0 saturated heterocycles. The van der Waals surface area contributed by atoms with E-state index in [4.69, 9.17) is 0 Å². The molecule has 2 unspecified atom stereocenters. The zero-order chi connectivity index (χ0) is 20.7. The third-order valence-electron chi connectivity index (χ3n) is 8.22. The Bertz CT molecular complexity index is 1130. The molecule has 2 atom stereocenters. The number of hydrogen-bond donors (Lipinski definition) is 0. The van der Waals surface area contributed by atoms with Crippen LogP contribution in [0.4, 0.5) is 0 Å². The third kappa shape index (κ3) is 2.12. The summed E-state index contributed by atoms with van der Waals surface area (Å²) in [7, 11) is 0. The second kappa shape index (κ2) is 6.21. The van der Waals surface area contributed by atoms with Crippen LogP contribution in [0.5, 0.6) is 0 Å². The Morgan fingerprint density at radius 3 is 1.89 bits per heavy atom. The van der Waals surface area contributed by atoms with E-state index in [1.807, 2.05) is 0 Å². The summed E-state index contributed by atoms with van der Waals surface area (Å²) in [6.45, 7) is 25.3. The normalized spacial score (nSPS) is 21.0. The van der Waals surface area contributed by atoms with Crippen LogP contribution in [0.15, 0.2) is 23.8 Å². The molecule has 146 valence electrons.